The number of hydrogen-bond donors (Lipinski definition) is 0. The average molecular weight is 398 g/mol. The number of piperidine rings is 1. The molecule has 1 aliphatic heterocycles. The van der Waals surface area contributed by atoms with Gasteiger partial charge in [-0.15, -0.1) is 0 Å². The van der Waals surface area contributed by atoms with E-state index < -0.39 is 0 Å². The van der Waals surface area contributed by atoms with Crippen LogP contribution in [-0.2, 0) is 10.2 Å². The molecule has 156 valence electrons. The molecule has 0 N–H and O–H groups in total. The van der Waals surface area contributed by atoms with Crippen molar-refractivity contribution in [3.05, 3.63) is 57.5 Å². The minimum atomic E-state index is -0.113. The van der Waals surface area contributed by atoms with E-state index in [1.54, 1.807) is 10.7 Å². The zero-order valence-corrected chi connectivity index (χ0v) is 18.1. The third-order valence-electron chi connectivity index (χ3n) is 5.31. The van der Waals surface area contributed by atoms with Crippen molar-refractivity contribution in [1.29, 1.82) is 0 Å². The van der Waals surface area contributed by atoms with E-state index in [1.807, 2.05) is 36.9 Å². The Morgan fingerprint density at radius 2 is 1.72 bits per heavy atom. The Kier molecular flexibility index (Phi) is 6.10. The molecule has 6 nitrogen and oxygen atoms in total. The van der Waals surface area contributed by atoms with Crippen LogP contribution in [-0.4, -0.2) is 40.3 Å². The molecule has 0 radical (unpaired) electrons. The van der Waals surface area contributed by atoms with Crippen LogP contribution < -0.4 is 10.3 Å². The van der Waals surface area contributed by atoms with Crippen molar-refractivity contribution in [3.63, 3.8) is 0 Å². The Morgan fingerprint density at radius 1 is 1.10 bits per heavy atom. The van der Waals surface area contributed by atoms with Crippen LogP contribution in [0.5, 0.6) is 5.75 Å². The molecule has 0 spiro atoms. The van der Waals surface area contributed by atoms with Gasteiger partial charge in [-0.3, -0.25) is 9.59 Å². The van der Waals surface area contributed by atoms with Gasteiger partial charge >= 0.3 is 0 Å². The highest BCUT2D eigenvalue weighted by atomic mass is 16.5. The Balaban J connectivity index is 1.59. The van der Waals surface area contributed by atoms with Crippen molar-refractivity contribution >= 4 is 5.91 Å². The van der Waals surface area contributed by atoms with Crippen LogP contribution in [0.15, 0.2) is 35.1 Å². The van der Waals surface area contributed by atoms with Crippen molar-refractivity contribution in [1.82, 2.24) is 14.7 Å². The lowest BCUT2D eigenvalue weighted by atomic mass is 9.92. The molecule has 2 aromatic rings. The van der Waals surface area contributed by atoms with Crippen LogP contribution in [0.3, 0.4) is 0 Å². The number of likely N-dealkylation sites (tertiary alicyclic amines) is 1. The second kappa shape index (κ2) is 8.39. The molecule has 3 rings (SSSR count). The second-order valence-corrected chi connectivity index (χ2v) is 8.98. The van der Waals surface area contributed by atoms with Crippen molar-refractivity contribution in [2.24, 2.45) is 0 Å². The number of carbonyl (C=O) groups excluding carboxylic acids is 1. The summed E-state index contributed by atoms with van der Waals surface area (Å²) in [6, 6.07) is 9.38. The fraction of sp³-hybridized carbons (Fsp3) is 0.522. The van der Waals surface area contributed by atoms with Gasteiger partial charge in [-0.25, -0.2) is 4.68 Å². The maximum Gasteiger partial charge on any atom is 0.267 e. The highest BCUT2D eigenvalue weighted by molar-refractivity contribution is 5.77. The van der Waals surface area contributed by atoms with Gasteiger partial charge in [0.15, 0.2) is 6.61 Å². The molecule has 2 heterocycles. The normalized spacial score (nSPS) is 15.4. The van der Waals surface area contributed by atoms with E-state index in [0.29, 0.717) is 13.1 Å². The third kappa shape index (κ3) is 5.25. The lowest BCUT2D eigenvalue weighted by Gasteiger charge is -2.32. The van der Waals surface area contributed by atoms with Gasteiger partial charge in [0.05, 0.1) is 11.7 Å². The van der Waals surface area contributed by atoms with Gasteiger partial charge < -0.3 is 9.64 Å². The number of hydrogen-bond acceptors (Lipinski definition) is 4. The molecule has 6 heteroatoms. The number of rotatable bonds is 4. The summed E-state index contributed by atoms with van der Waals surface area (Å²) < 4.78 is 7.31. The monoisotopic (exact) mass is 397 g/mol. The smallest absolute Gasteiger partial charge is 0.267 e. The van der Waals surface area contributed by atoms with Gasteiger partial charge in [-0.1, -0.05) is 26.8 Å². The Morgan fingerprint density at radius 3 is 2.31 bits per heavy atom. The standard InChI is InChI=1S/C23H31N3O3/c1-16-12-17(2)14-19(13-16)29-15-22(28)25-10-8-18(9-11-25)26-21(27)7-6-20(24-26)23(3,4)5/h6-7,12-14,18H,8-11,15H2,1-5H3. The Hall–Kier alpha value is -2.63. The predicted molar refractivity (Wildman–Crippen MR) is 113 cm³/mol. The number of ether oxygens (including phenoxy) is 1. The molecule has 1 aliphatic rings. The second-order valence-electron chi connectivity index (χ2n) is 8.98. The fourth-order valence-corrected chi connectivity index (χ4v) is 3.70. The van der Waals surface area contributed by atoms with Gasteiger partial charge in [0, 0.05) is 24.6 Å². The first-order chi connectivity index (χ1) is 13.6. The zero-order chi connectivity index (χ0) is 21.2. The van der Waals surface area contributed by atoms with E-state index in [0.717, 1.165) is 35.4 Å². The van der Waals surface area contributed by atoms with Crippen LogP contribution in [0.4, 0.5) is 0 Å². The fourth-order valence-electron chi connectivity index (χ4n) is 3.70. The molecule has 1 fully saturated rings. The lowest BCUT2D eigenvalue weighted by Crippen LogP contribution is -2.43. The summed E-state index contributed by atoms with van der Waals surface area (Å²) in [5, 5.41) is 4.61. The van der Waals surface area contributed by atoms with Crippen molar-refractivity contribution < 1.29 is 9.53 Å². The number of amides is 1. The molecule has 0 aliphatic carbocycles. The molecule has 0 saturated carbocycles. The molecule has 0 bridgehead atoms. The molecule has 1 saturated heterocycles. The van der Waals surface area contributed by atoms with E-state index in [4.69, 9.17) is 4.74 Å². The quantitative estimate of drug-likeness (QED) is 0.793. The largest absolute Gasteiger partial charge is 0.484 e. The van der Waals surface area contributed by atoms with Crippen LogP contribution >= 0.6 is 0 Å². The summed E-state index contributed by atoms with van der Waals surface area (Å²) in [6.45, 7) is 11.5. The van der Waals surface area contributed by atoms with E-state index in [9.17, 15) is 9.59 Å². The third-order valence-corrected chi connectivity index (χ3v) is 5.31. The maximum absolute atomic E-state index is 12.6. The lowest BCUT2D eigenvalue weighted by molar-refractivity contribution is -0.134. The molecule has 1 amide bonds. The molecular weight excluding hydrogens is 366 g/mol. The number of carbonyl (C=O) groups is 1. The number of aryl methyl sites for hydroxylation is 2. The molecule has 29 heavy (non-hydrogen) atoms. The predicted octanol–water partition coefficient (Wildman–Crippen LogP) is 3.40. The first-order valence-corrected chi connectivity index (χ1v) is 10.2. The summed E-state index contributed by atoms with van der Waals surface area (Å²) in [5.41, 5.74) is 2.93. The summed E-state index contributed by atoms with van der Waals surface area (Å²) in [7, 11) is 0. The topological polar surface area (TPSA) is 64.4 Å². The van der Waals surface area contributed by atoms with Gasteiger partial charge in [0.1, 0.15) is 5.75 Å². The first-order valence-electron chi connectivity index (χ1n) is 10.2. The minimum absolute atomic E-state index is 0.0219. The van der Waals surface area contributed by atoms with Crippen LogP contribution in [0.1, 0.15) is 56.5 Å². The van der Waals surface area contributed by atoms with E-state index in [2.05, 4.69) is 31.9 Å². The highest BCUT2D eigenvalue weighted by Crippen LogP contribution is 2.23. The van der Waals surface area contributed by atoms with Gasteiger partial charge in [-0.05, 0) is 56.0 Å². The van der Waals surface area contributed by atoms with Crippen molar-refractivity contribution in [3.8, 4) is 5.75 Å². The first kappa shape index (κ1) is 21.1. The summed E-state index contributed by atoms with van der Waals surface area (Å²) in [4.78, 5) is 26.7. The molecule has 0 atom stereocenters. The highest BCUT2D eigenvalue weighted by Gasteiger charge is 2.26. The van der Waals surface area contributed by atoms with Gasteiger partial charge in [0.2, 0.25) is 0 Å². The maximum atomic E-state index is 12.6. The van der Waals surface area contributed by atoms with E-state index >= 15 is 0 Å². The minimum Gasteiger partial charge on any atom is -0.484 e. The summed E-state index contributed by atoms with van der Waals surface area (Å²) in [5.74, 6) is 0.701. The van der Waals surface area contributed by atoms with Crippen LogP contribution in [0, 0.1) is 13.8 Å². The summed E-state index contributed by atoms with van der Waals surface area (Å²) >= 11 is 0. The Labute approximate surface area is 172 Å². The molecule has 0 unspecified atom stereocenters. The van der Waals surface area contributed by atoms with E-state index in [-0.39, 0.29) is 29.5 Å². The number of aromatic nitrogens is 2. The van der Waals surface area contributed by atoms with Crippen LogP contribution in [0.25, 0.3) is 0 Å². The molecular formula is C23H31N3O3. The number of nitrogens with zero attached hydrogens (tertiary/aromatic N) is 3. The van der Waals surface area contributed by atoms with Gasteiger partial charge in [0.25, 0.3) is 11.5 Å². The average Bonchev–Trinajstić information content (AvgIpc) is 2.65. The molecule has 1 aromatic carbocycles. The SMILES string of the molecule is Cc1cc(C)cc(OCC(=O)N2CCC(n3nc(C(C)(C)C)ccc3=O)CC2)c1. The Bertz CT molecular complexity index is 915. The van der Waals surface area contributed by atoms with Crippen molar-refractivity contribution in [2.75, 3.05) is 19.7 Å². The number of benzene rings is 1. The van der Waals surface area contributed by atoms with Crippen LogP contribution in [0.2, 0.25) is 0 Å². The zero-order valence-electron chi connectivity index (χ0n) is 18.1. The van der Waals surface area contributed by atoms with Crippen molar-refractivity contribution in [2.45, 2.75) is 58.9 Å². The molecule has 1 aromatic heterocycles. The van der Waals surface area contributed by atoms with Gasteiger partial charge in [-0.2, -0.15) is 5.10 Å². The summed E-state index contributed by atoms with van der Waals surface area (Å²) in [6.07, 6.45) is 1.44. The van der Waals surface area contributed by atoms with E-state index in [1.165, 1.54) is 0 Å².